The summed E-state index contributed by atoms with van der Waals surface area (Å²) in [4.78, 5) is 25.1. The molecule has 0 radical (unpaired) electrons. The molecule has 2 aromatic rings. The largest absolute Gasteiger partial charge is 0.481 e. The van der Waals surface area contributed by atoms with E-state index in [4.69, 9.17) is 8.94 Å². The highest BCUT2D eigenvalue weighted by Crippen LogP contribution is 2.27. The zero-order valence-electron chi connectivity index (χ0n) is 13.5. The van der Waals surface area contributed by atoms with Crippen LogP contribution in [0.5, 0.6) is 0 Å². The Labute approximate surface area is 138 Å². The Kier molecular flexibility index (Phi) is 4.28. The van der Waals surface area contributed by atoms with Gasteiger partial charge in [0.1, 0.15) is 5.76 Å². The number of carbonyl (C=O) groups is 2. The Hall–Kier alpha value is -2.77. The van der Waals surface area contributed by atoms with Crippen LogP contribution in [0.2, 0.25) is 0 Å². The molecule has 1 aliphatic rings. The van der Waals surface area contributed by atoms with Crippen molar-refractivity contribution in [1.82, 2.24) is 10.1 Å². The Bertz CT molecular complexity index is 750. The van der Waals surface area contributed by atoms with Crippen molar-refractivity contribution < 1.29 is 23.6 Å². The summed E-state index contributed by atoms with van der Waals surface area (Å²) in [5.41, 5.74) is 0.764. The summed E-state index contributed by atoms with van der Waals surface area (Å²) in [6.45, 7) is 4.45. The fraction of sp³-hybridized carbons (Fsp3) is 0.438. The van der Waals surface area contributed by atoms with E-state index in [-0.39, 0.29) is 24.3 Å². The van der Waals surface area contributed by atoms with E-state index >= 15 is 0 Å². The van der Waals surface area contributed by atoms with Crippen LogP contribution in [0.4, 0.5) is 10.6 Å². The van der Waals surface area contributed by atoms with E-state index in [1.165, 1.54) is 4.90 Å². The van der Waals surface area contributed by atoms with E-state index in [1.807, 2.05) is 6.92 Å². The van der Waals surface area contributed by atoms with E-state index in [2.05, 4.69) is 10.5 Å². The predicted molar refractivity (Wildman–Crippen MR) is 84.4 cm³/mol. The Morgan fingerprint density at radius 3 is 2.88 bits per heavy atom. The fourth-order valence-corrected chi connectivity index (χ4v) is 2.99. The highest BCUT2D eigenvalue weighted by Gasteiger charge is 2.32. The van der Waals surface area contributed by atoms with Gasteiger partial charge in [-0.05, 0) is 25.3 Å². The highest BCUT2D eigenvalue weighted by atomic mass is 16.5. The second-order valence-corrected chi connectivity index (χ2v) is 6.18. The molecule has 0 aromatic carbocycles. The Balaban J connectivity index is 1.68. The fourth-order valence-electron chi connectivity index (χ4n) is 2.99. The molecule has 0 saturated carbocycles. The van der Waals surface area contributed by atoms with Gasteiger partial charge in [-0.3, -0.25) is 10.1 Å². The SMILES string of the molecule is Cc1occc1-c1cc(NC(=O)N2CC(C)CC(C(=O)O)C2)no1. The van der Waals surface area contributed by atoms with E-state index in [1.54, 1.807) is 25.3 Å². The van der Waals surface area contributed by atoms with Crippen LogP contribution in [0.1, 0.15) is 19.1 Å². The third kappa shape index (κ3) is 3.27. The topological polar surface area (TPSA) is 109 Å². The zero-order valence-corrected chi connectivity index (χ0v) is 13.5. The van der Waals surface area contributed by atoms with Gasteiger partial charge >= 0.3 is 12.0 Å². The molecule has 24 heavy (non-hydrogen) atoms. The molecule has 8 heteroatoms. The summed E-state index contributed by atoms with van der Waals surface area (Å²) < 4.78 is 10.4. The summed E-state index contributed by atoms with van der Waals surface area (Å²) in [5.74, 6) is 0.178. The third-order valence-corrected chi connectivity index (χ3v) is 4.17. The van der Waals surface area contributed by atoms with Gasteiger partial charge in [0, 0.05) is 19.2 Å². The van der Waals surface area contributed by atoms with Gasteiger partial charge in [0.2, 0.25) is 0 Å². The lowest BCUT2D eigenvalue weighted by molar-refractivity contribution is -0.143. The number of nitrogens with zero attached hydrogens (tertiary/aromatic N) is 2. The number of urea groups is 1. The lowest BCUT2D eigenvalue weighted by Crippen LogP contribution is -2.47. The molecule has 1 aliphatic heterocycles. The predicted octanol–water partition coefficient (Wildman–Crippen LogP) is 2.82. The second kappa shape index (κ2) is 6.38. The highest BCUT2D eigenvalue weighted by molar-refractivity contribution is 5.89. The van der Waals surface area contributed by atoms with Crippen LogP contribution >= 0.6 is 0 Å². The van der Waals surface area contributed by atoms with Gasteiger partial charge in [-0.1, -0.05) is 12.1 Å². The van der Waals surface area contributed by atoms with Crippen molar-refractivity contribution in [1.29, 1.82) is 0 Å². The van der Waals surface area contributed by atoms with Crippen LogP contribution in [-0.2, 0) is 4.79 Å². The van der Waals surface area contributed by atoms with Gasteiger partial charge in [-0.15, -0.1) is 0 Å². The number of carboxylic acid groups (broad SMARTS) is 1. The van der Waals surface area contributed by atoms with Crippen LogP contribution in [0.25, 0.3) is 11.3 Å². The number of aliphatic carboxylic acids is 1. The quantitative estimate of drug-likeness (QED) is 0.894. The lowest BCUT2D eigenvalue weighted by atomic mass is 9.91. The molecule has 1 saturated heterocycles. The van der Waals surface area contributed by atoms with Gasteiger partial charge in [0.05, 0.1) is 17.7 Å². The number of hydrogen-bond donors (Lipinski definition) is 2. The molecule has 3 heterocycles. The molecule has 8 nitrogen and oxygen atoms in total. The first-order chi connectivity index (χ1) is 11.4. The molecule has 2 aromatic heterocycles. The normalized spacial score (nSPS) is 20.8. The molecule has 2 unspecified atom stereocenters. The summed E-state index contributed by atoms with van der Waals surface area (Å²) in [6.07, 6.45) is 2.12. The summed E-state index contributed by atoms with van der Waals surface area (Å²) in [5, 5.41) is 15.7. The van der Waals surface area contributed by atoms with Crippen LogP contribution in [0.15, 0.2) is 27.3 Å². The molecular formula is C16H19N3O5. The molecule has 1 fully saturated rings. The van der Waals surface area contributed by atoms with Crippen LogP contribution in [0.3, 0.4) is 0 Å². The first-order valence-electron chi connectivity index (χ1n) is 7.74. The van der Waals surface area contributed by atoms with E-state index < -0.39 is 11.9 Å². The number of anilines is 1. The zero-order chi connectivity index (χ0) is 17.3. The van der Waals surface area contributed by atoms with E-state index in [0.29, 0.717) is 24.5 Å². The first-order valence-corrected chi connectivity index (χ1v) is 7.74. The van der Waals surface area contributed by atoms with Gasteiger partial charge in [0.25, 0.3) is 0 Å². The molecular weight excluding hydrogens is 314 g/mol. The number of rotatable bonds is 3. The maximum atomic E-state index is 12.4. The maximum absolute atomic E-state index is 12.4. The van der Waals surface area contributed by atoms with Crippen molar-refractivity contribution in [2.75, 3.05) is 18.4 Å². The van der Waals surface area contributed by atoms with Gasteiger partial charge in [-0.25, -0.2) is 4.79 Å². The summed E-state index contributed by atoms with van der Waals surface area (Å²) in [6, 6.07) is 2.99. The monoisotopic (exact) mass is 333 g/mol. The van der Waals surface area contributed by atoms with Crippen molar-refractivity contribution in [2.45, 2.75) is 20.3 Å². The number of aryl methyl sites for hydroxylation is 1. The molecule has 0 bridgehead atoms. The standard InChI is InChI=1S/C16H19N3O5/c1-9-5-11(15(20)21)8-19(7-9)16(22)17-14-6-13(24-18-14)12-3-4-23-10(12)2/h3-4,6,9,11H,5,7-8H2,1-2H3,(H,20,21)(H,17,18,22). The number of nitrogens with one attached hydrogen (secondary N) is 1. The molecule has 2 N–H and O–H groups in total. The average Bonchev–Trinajstić information content (AvgIpc) is 3.15. The first kappa shape index (κ1) is 16.1. The lowest BCUT2D eigenvalue weighted by Gasteiger charge is -2.34. The van der Waals surface area contributed by atoms with Crippen LogP contribution in [0, 0.1) is 18.8 Å². The molecule has 0 aliphatic carbocycles. The number of furan rings is 1. The molecule has 3 rings (SSSR count). The number of amides is 2. The van der Waals surface area contributed by atoms with Gasteiger partial charge in [0.15, 0.2) is 11.6 Å². The van der Waals surface area contributed by atoms with Crippen LogP contribution < -0.4 is 5.32 Å². The van der Waals surface area contributed by atoms with Gasteiger partial charge < -0.3 is 18.9 Å². The maximum Gasteiger partial charge on any atom is 0.323 e. The molecule has 2 amide bonds. The van der Waals surface area contributed by atoms with Crippen molar-refractivity contribution in [2.24, 2.45) is 11.8 Å². The van der Waals surface area contributed by atoms with Crippen molar-refractivity contribution in [3.05, 3.63) is 24.2 Å². The number of hydrogen-bond acceptors (Lipinski definition) is 5. The summed E-state index contributed by atoms with van der Waals surface area (Å²) >= 11 is 0. The van der Waals surface area contributed by atoms with Crippen molar-refractivity contribution in [3.63, 3.8) is 0 Å². The number of carbonyl (C=O) groups excluding carboxylic acids is 1. The molecule has 0 spiro atoms. The van der Waals surface area contributed by atoms with E-state index in [0.717, 1.165) is 5.56 Å². The number of aromatic nitrogens is 1. The number of piperidine rings is 1. The Morgan fingerprint density at radius 1 is 1.42 bits per heavy atom. The molecule has 2 atom stereocenters. The van der Waals surface area contributed by atoms with Crippen molar-refractivity contribution in [3.8, 4) is 11.3 Å². The minimum atomic E-state index is -0.876. The average molecular weight is 333 g/mol. The van der Waals surface area contributed by atoms with Gasteiger partial charge in [-0.2, -0.15) is 0 Å². The number of carboxylic acids is 1. The minimum absolute atomic E-state index is 0.132. The van der Waals surface area contributed by atoms with E-state index in [9.17, 15) is 14.7 Å². The molecule has 128 valence electrons. The number of likely N-dealkylation sites (tertiary alicyclic amines) is 1. The Morgan fingerprint density at radius 2 is 2.21 bits per heavy atom. The minimum Gasteiger partial charge on any atom is -0.481 e. The van der Waals surface area contributed by atoms with Crippen LogP contribution in [-0.4, -0.2) is 40.3 Å². The third-order valence-electron chi connectivity index (χ3n) is 4.17. The smallest absolute Gasteiger partial charge is 0.323 e. The second-order valence-electron chi connectivity index (χ2n) is 6.18. The summed E-state index contributed by atoms with van der Waals surface area (Å²) in [7, 11) is 0. The van der Waals surface area contributed by atoms with Crippen molar-refractivity contribution >= 4 is 17.8 Å².